The Morgan fingerprint density at radius 3 is 1.94 bits per heavy atom. The molecule has 18 heavy (non-hydrogen) atoms. The predicted molar refractivity (Wildman–Crippen MR) is 75.7 cm³/mol. The van der Waals surface area contributed by atoms with Crippen molar-refractivity contribution in [3.63, 3.8) is 0 Å². The molecule has 2 nitrogen and oxygen atoms in total. The molecule has 0 aliphatic heterocycles. The molecule has 0 aliphatic rings. The minimum absolute atomic E-state index is 0.223. The Labute approximate surface area is 106 Å². The summed E-state index contributed by atoms with van der Waals surface area (Å²) in [5.74, 6) is 0.268. The minimum atomic E-state index is 0.223. The van der Waals surface area contributed by atoms with Crippen molar-refractivity contribution in [1.82, 2.24) is 4.57 Å². The zero-order valence-electron chi connectivity index (χ0n) is 10.5. The van der Waals surface area contributed by atoms with Gasteiger partial charge in [0.05, 0.1) is 0 Å². The summed E-state index contributed by atoms with van der Waals surface area (Å²) < 4.78 is 2.31. The molecule has 3 aromatic rings. The third-order valence-corrected chi connectivity index (χ3v) is 3.49. The van der Waals surface area contributed by atoms with Crippen LogP contribution in [0.3, 0.4) is 0 Å². The summed E-state index contributed by atoms with van der Waals surface area (Å²) in [6, 6.07) is 16.9. The lowest BCUT2D eigenvalue weighted by Crippen LogP contribution is -2.10. The quantitative estimate of drug-likeness (QED) is 0.744. The molecule has 1 atom stereocenters. The molecule has 0 radical (unpaired) electrons. The summed E-state index contributed by atoms with van der Waals surface area (Å²) in [7, 11) is 0. The molecule has 2 heteroatoms. The number of aliphatic hydroxyl groups is 1. The minimum Gasteiger partial charge on any atom is -0.396 e. The monoisotopic (exact) mass is 239 g/mol. The molecule has 1 aromatic heterocycles. The smallest absolute Gasteiger partial charge is 0.0491 e. The second kappa shape index (κ2) is 4.46. The van der Waals surface area contributed by atoms with Crippen LogP contribution in [0.1, 0.15) is 6.92 Å². The lowest BCUT2D eigenvalue weighted by Gasteiger charge is -2.12. The molecule has 92 valence electrons. The van der Waals surface area contributed by atoms with E-state index in [0.29, 0.717) is 0 Å². The number of hydrogen-bond donors (Lipinski definition) is 1. The third kappa shape index (κ3) is 1.70. The summed E-state index contributed by atoms with van der Waals surface area (Å²) in [6.07, 6.45) is 0. The van der Waals surface area contributed by atoms with Gasteiger partial charge in [-0.25, -0.2) is 0 Å². The topological polar surface area (TPSA) is 25.2 Å². The molecule has 0 saturated carbocycles. The molecular weight excluding hydrogens is 222 g/mol. The molecule has 0 spiro atoms. The van der Waals surface area contributed by atoms with Crippen molar-refractivity contribution >= 4 is 21.8 Å². The fourth-order valence-electron chi connectivity index (χ4n) is 2.57. The van der Waals surface area contributed by atoms with Crippen LogP contribution in [-0.2, 0) is 6.54 Å². The third-order valence-electron chi connectivity index (χ3n) is 3.49. The van der Waals surface area contributed by atoms with E-state index in [9.17, 15) is 5.11 Å². The predicted octanol–water partition coefficient (Wildman–Crippen LogP) is 3.42. The average Bonchev–Trinajstić information content (AvgIpc) is 2.74. The Kier molecular flexibility index (Phi) is 2.80. The van der Waals surface area contributed by atoms with Crippen LogP contribution < -0.4 is 0 Å². The van der Waals surface area contributed by atoms with Crippen molar-refractivity contribution in [2.24, 2.45) is 5.92 Å². The summed E-state index contributed by atoms with van der Waals surface area (Å²) in [4.78, 5) is 0. The summed E-state index contributed by atoms with van der Waals surface area (Å²) in [5, 5.41) is 11.8. The maximum absolute atomic E-state index is 9.26. The van der Waals surface area contributed by atoms with Crippen molar-refractivity contribution in [2.45, 2.75) is 13.5 Å². The van der Waals surface area contributed by atoms with E-state index in [-0.39, 0.29) is 12.5 Å². The zero-order chi connectivity index (χ0) is 12.5. The van der Waals surface area contributed by atoms with Crippen LogP contribution in [0.5, 0.6) is 0 Å². The molecule has 0 amide bonds. The van der Waals surface area contributed by atoms with Gasteiger partial charge >= 0.3 is 0 Å². The SMILES string of the molecule is C[C@H](CO)Cn1c2ccccc2c2ccccc21. The Morgan fingerprint density at radius 1 is 0.944 bits per heavy atom. The van der Waals surface area contributed by atoms with Crippen LogP contribution in [0.2, 0.25) is 0 Å². The highest BCUT2D eigenvalue weighted by Gasteiger charge is 2.11. The van der Waals surface area contributed by atoms with E-state index >= 15 is 0 Å². The molecule has 0 bridgehead atoms. The van der Waals surface area contributed by atoms with Gasteiger partial charge in [-0.3, -0.25) is 0 Å². The molecule has 1 heterocycles. The van der Waals surface area contributed by atoms with Crippen LogP contribution >= 0.6 is 0 Å². The number of nitrogens with zero attached hydrogens (tertiary/aromatic N) is 1. The van der Waals surface area contributed by atoms with E-state index in [1.165, 1.54) is 21.8 Å². The molecule has 0 saturated heterocycles. The van der Waals surface area contributed by atoms with Crippen molar-refractivity contribution in [1.29, 1.82) is 0 Å². The van der Waals surface area contributed by atoms with Gasteiger partial charge in [-0.05, 0) is 18.1 Å². The van der Waals surface area contributed by atoms with Gasteiger partial charge in [0.2, 0.25) is 0 Å². The van der Waals surface area contributed by atoms with Crippen LogP contribution in [-0.4, -0.2) is 16.3 Å². The number of hydrogen-bond acceptors (Lipinski definition) is 1. The van der Waals surface area contributed by atoms with Crippen molar-refractivity contribution < 1.29 is 5.11 Å². The van der Waals surface area contributed by atoms with Crippen molar-refractivity contribution in [3.8, 4) is 0 Å². The van der Waals surface area contributed by atoms with E-state index in [4.69, 9.17) is 0 Å². The first-order valence-electron chi connectivity index (χ1n) is 6.38. The number of rotatable bonds is 3. The molecule has 0 fully saturated rings. The second-order valence-corrected chi connectivity index (χ2v) is 4.93. The van der Waals surface area contributed by atoms with Gasteiger partial charge in [-0.1, -0.05) is 43.3 Å². The largest absolute Gasteiger partial charge is 0.396 e. The maximum atomic E-state index is 9.26. The zero-order valence-corrected chi connectivity index (χ0v) is 10.5. The molecule has 2 aromatic carbocycles. The Balaban J connectivity index is 2.31. The number of fused-ring (bicyclic) bond motifs is 3. The Morgan fingerprint density at radius 2 is 1.44 bits per heavy atom. The number of aliphatic hydroxyl groups excluding tert-OH is 1. The van der Waals surface area contributed by atoms with Crippen molar-refractivity contribution in [3.05, 3.63) is 48.5 Å². The lowest BCUT2D eigenvalue weighted by atomic mass is 10.2. The first kappa shape index (κ1) is 11.3. The van der Waals surface area contributed by atoms with Crippen LogP contribution in [0.25, 0.3) is 21.8 Å². The van der Waals surface area contributed by atoms with Crippen LogP contribution in [0.15, 0.2) is 48.5 Å². The summed E-state index contributed by atoms with van der Waals surface area (Å²) >= 11 is 0. The van der Waals surface area contributed by atoms with E-state index in [2.05, 4.69) is 60.0 Å². The van der Waals surface area contributed by atoms with Crippen molar-refractivity contribution in [2.75, 3.05) is 6.61 Å². The lowest BCUT2D eigenvalue weighted by molar-refractivity contribution is 0.225. The molecule has 0 unspecified atom stereocenters. The molecule has 1 N–H and O–H groups in total. The van der Waals surface area contributed by atoms with Gasteiger partial charge in [0.25, 0.3) is 0 Å². The summed E-state index contributed by atoms with van der Waals surface area (Å²) in [6.45, 7) is 3.15. The Bertz CT molecular complexity index is 630. The normalized spacial score (nSPS) is 13.2. The van der Waals surface area contributed by atoms with Crippen LogP contribution in [0.4, 0.5) is 0 Å². The van der Waals surface area contributed by atoms with Gasteiger partial charge in [0.15, 0.2) is 0 Å². The summed E-state index contributed by atoms with van der Waals surface area (Å²) in [5.41, 5.74) is 2.50. The van der Waals surface area contributed by atoms with Gasteiger partial charge in [-0.2, -0.15) is 0 Å². The number of para-hydroxylation sites is 2. The van der Waals surface area contributed by atoms with Gasteiger partial charge in [0, 0.05) is 35.0 Å². The average molecular weight is 239 g/mol. The van der Waals surface area contributed by atoms with Crippen LogP contribution in [0, 0.1) is 5.92 Å². The number of benzene rings is 2. The van der Waals surface area contributed by atoms with E-state index in [1.54, 1.807) is 0 Å². The molecule has 3 rings (SSSR count). The van der Waals surface area contributed by atoms with E-state index < -0.39 is 0 Å². The standard InChI is InChI=1S/C16H17NO/c1-12(11-18)10-17-15-8-4-2-6-13(15)14-7-3-5-9-16(14)17/h2-9,12,18H,10-11H2,1H3/t12-/m0/s1. The highest BCUT2D eigenvalue weighted by molar-refractivity contribution is 6.07. The first-order chi connectivity index (χ1) is 8.81. The second-order valence-electron chi connectivity index (χ2n) is 4.93. The molecular formula is C16H17NO. The fourth-order valence-corrected chi connectivity index (χ4v) is 2.57. The highest BCUT2D eigenvalue weighted by atomic mass is 16.3. The first-order valence-corrected chi connectivity index (χ1v) is 6.38. The fraction of sp³-hybridized carbons (Fsp3) is 0.250. The van der Waals surface area contributed by atoms with E-state index in [1.807, 2.05) is 0 Å². The van der Waals surface area contributed by atoms with Gasteiger partial charge in [0.1, 0.15) is 0 Å². The van der Waals surface area contributed by atoms with Gasteiger partial charge in [-0.15, -0.1) is 0 Å². The Hall–Kier alpha value is -1.80. The van der Waals surface area contributed by atoms with Gasteiger partial charge < -0.3 is 9.67 Å². The van der Waals surface area contributed by atoms with E-state index in [0.717, 1.165) is 6.54 Å². The highest BCUT2D eigenvalue weighted by Crippen LogP contribution is 2.29. The maximum Gasteiger partial charge on any atom is 0.0491 e. The molecule has 0 aliphatic carbocycles. The number of aromatic nitrogens is 1.